The number of nitriles is 1. The quantitative estimate of drug-likeness (QED) is 0.0479. The van der Waals surface area contributed by atoms with Crippen LogP contribution < -0.4 is 0 Å². The van der Waals surface area contributed by atoms with Gasteiger partial charge < -0.3 is 52.1 Å². The number of carbonyl (C=O) groups is 7. The predicted octanol–water partition coefficient (Wildman–Crippen LogP) is 9.94. The molecule has 0 aliphatic carbocycles. The van der Waals surface area contributed by atoms with Gasteiger partial charge in [0.1, 0.15) is 18.8 Å². The molecular formula is C69H55NO18. The van der Waals surface area contributed by atoms with Crippen LogP contribution in [-0.2, 0) is 52.1 Å². The molecule has 0 unspecified atom stereocenters. The molecule has 0 spiro atoms. The van der Waals surface area contributed by atoms with E-state index in [1.807, 2.05) is 0 Å². The highest BCUT2D eigenvalue weighted by Crippen LogP contribution is 2.37. The van der Waals surface area contributed by atoms with E-state index in [9.17, 15) is 38.8 Å². The molecule has 0 aromatic heterocycles. The Kier molecular flexibility index (Phi) is 20.3. The van der Waals surface area contributed by atoms with Crippen LogP contribution in [0.15, 0.2) is 243 Å². The second kappa shape index (κ2) is 29.5. The third-order valence-electron chi connectivity index (χ3n) is 14.0. The molecular weight excluding hydrogens is 1130 g/mol. The minimum absolute atomic E-state index is 0.0132. The molecule has 0 radical (unpaired) electrons. The summed E-state index contributed by atoms with van der Waals surface area (Å²) in [6.45, 7) is -1.55. The topological polar surface area (TPSA) is 245 Å². The summed E-state index contributed by atoms with van der Waals surface area (Å²) in [5.41, 5.74) is 0.647. The first-order chi connectivity index (χ1) is 43.0. The van der Waals surface area contributed by atoms with Crippen LogP contribution in [0.25, 0.3) is 0 Å². The van der Waals surface area contributed by atoms with Crippen molar-refractivity contribution in [3.63, 3.8) is 0 Å². The van der Waals surface area contributed by atoms with E-state index in [1.165, 1.54) is 84.9 Å². The number of ether oxygens (including phenoxy) is 11. The number of rotatable bonds is 21. The van der Waals surface area contributed by atoms with Gasteiger partial charge in [-0.15, -0.1) is 0 Å². The maximum absolute atomic E-state index is 14.5. The van der Waals surface area contributed by atoms with Gasteiger partial charge in [-0.3, -0.25) is 0 Å². The average molecular weight is 1190 g/mol. The summed E-state index contributed by atoms with van der Waals surface area (Å²) in [6.07, 6.45) is -19.7. The summed E-state index contributed by atoms with van der Waals surface area (Å²) in [5.74, 6) is -6.69. The Labute approximate surface area is 504 Å². The molecule has 88 heavy (non-hydrogen) atoms. The SMILES string of the molecule is N#C[C@H](O[C@@H]1O[C@H](CO[C@@H]2O[C@H](COC(=O)c3ccccc3)[C@@H](OC(=O)c3ccccc3)[C@H](OC(=O)c3ccccc3)[C@H]2OC(=O)c2ccccc2)[C@@H](OC(=O)c2ccccc2)[C@H](OC(=O)c2ccccc2)[C@H]1OC(=O)c1ccccc1)c1ccccc1. The summed E-state index contributed by atoms with van der Waals surface area (Å²) in [4.78, 5) is 100. The van der Waals surface area contributed by atoms with Crippen molar-refractivity contribution in [2.45, 2.75) is 67.5 Å². The first kappa shape index (κ1) is 60.5. The highest BCUT2D eigenvalue weighted by atomic mass is 16.8. The van der Waals surface area contributed by atoms with Crippen LogP contribution in [0.2, 0.25) is 0 Å². The molecule has 19 nitrogen and oxygen atoms in total. The lowest BCUT2D eigenvalue weighted by molar-refractivity contribution is -0.331. The zero-order chi connectivity index (χ0) is 61.2. The molecule has 0 saturated carbocycles. The maximum Gasteiger partial charge on any atom is 0.338 e. The van der Waals surface area contributed by atoms with E-state index in [0.717, 1.165) is 0 Å². The molecule has 8 aromatic carbocycles. The van der Waals surface area contributed by atoms with E-state index in [2.05, 4.69) is 6.07 Å². The lowest BCUT2D eigenvalue weighted by Gasteiger charge is -2.46. The second-order valence-corrected chi connectivity index (χ2v) is 19.9. The summed E-state index contributed by atoms with van der Waals surface area (Å²) < 4.78 is 70.0. The van der Waals surface area contributed by atoms with E-state index in [4.69, 9.17) is 52.1 Å². The zero-order valence-electron chi connectivity index (χ0n) is 46.7. The number of nitrogens with zero attached hydrogens (tertiary/aromatic N) is 1. The fourth-order valence-electron chi connectivity index (χ4n) is 9.62. The van der Waals surface area contributed by atoms with Gasteiger partial charge >= 0.3 is 41.8 Å². The van der Waals surface area contributed by atoms with Gasteiger partial charge in [0.2, 0.25) is 6.29 Å². The fourth-order valence-corrected chi connectivity index (χ4v) is 9.62. The van der Waals surface area contributed by atoms with Crippen molar-refractivity contribution in [2.24, 2.45) is 0 Å². The molecule has 11 atom stereocenters. The van der Waals surface area contributed by atoms with Crippen LogP contribution >= 0.6 is 0 Å². The lowest BCUT2D eigenvalue weighted by Crippen LogP contribution is -2.65. The van der Waals surface area contributed by atoms with E-state index in [1.54, 1.807) is 158 Å². The van der Waals surface area contributed by atoms with Crippen LogP contribution in [-0.4, -0.2) is 116 Å². The van der Waals surface area contributed by atoms with E-state index in [0.29, 0.717) is 5.56 Å². The van der Waals surface area contributed by atoms with Gasteiger partial charge in [0.15, 0.2) is 49.0 Å². The van der Waals surface area contributed by atoms with Gasteiger partial charge in [-0.05, 0) is 90.5 Å². The number of esters is 7. The fraction of sp³-hybridized carbons (Fsp3) is 0.188. The minimum atomic E-state index is -1.95. The van der Waals surface area contributed by atoms with Crippen LogP contribution in [0.3, 0.4) is 0 Å². The Bertz CT molecular complexity index is 3680. The predicted molar refractivity (Wildman–Crippen MR) is 310 cm³/mol. The first-order valence-corrected chi connectivity index (χ1v) is 27.8. The molecule has 444 valence electrons. The van der Waals surface area contributed by atoms with Crippen LogP contribution in [0.4, 0.5) is 0 Å². The van der Waals surface area contributed by atoms with Crippen molar-refractivity contribution in [1.82, 2.24) is 0 Å². The standard InChI is InChI=1S/C69H55NO18/c70-41-52(44-25-9-1-10-26-44)80-69-60(88-67(77)51-39-23-8-24-40-51)58(86-65(75)49-35-19-6-20-36-49)56(84-63(73)47-31-15-4-16-32-47)54(82-69)43-79-68-59(87-66(76)50-37-21-7-22-38-50)57(85-64(74)48-33-17-5-18-34-48)55(83-62(72)46-29-13-3-14-30-46)53(81-68)42-78-61(71)45-27-11-2-12-28-45/h1-40,52-60,68-69H,42-43H2/t52-,53+,54+,55+,56+,57-,58-,59+,60+,68+,69+/m0/s1. The van der Waals surface area contributed by atoms with Gasteiger partial charge in [-0.25, -0.2) is 33.6 Å². The number of hydrogen-bond acceptors (Lipinski definition) is 19. The Morgan fingerprint density at radius 2 is 0.591 bits per heavy atom. The van der Waals surface area contributed by atoms with Crippen molar-refractivity contribution in [3.05, 3.63) is 287 Å². The molecule has 2 heterocycles. The van der Waals surface area contributed by atoms with E-state index < -0.39 is 123 Å². The molecule has 10 rings (SSSR count). The molecule has 0 amide bonds. The third-order valence-corrected chi connectivity index (χ3v) is 14.0. The maximum atomic E-state index is 14.5. The van der Waals surface area contributed by atoms with Gasteiger partial charge in [-0.1, -0.05) is 158 Å². The van der Waals surface area contributed by atoms with Gasteiger partial charge in [0, 0.05) is 0 Å². The largest absolute Gasteiger partial charge is 0.459 e. The van der Waals surface area contributed by atoms with Crippen molar-refractivity contribution in [3.8, 4) is 6.07 Å². The normalized spacial score (nSPS) is 21.5. The number of benzene rings is 8. The molecule has 0 bridgehead atoms. The molecule has 2 fully saturated rings. The van der Waals surface area contributed by atoms with Crippen LogP contribution in [0, 0.1) is 11.3 Å². The molecule has 2 saturated heterocycles. The Hall–Kier alpha value is -10.6. The van der Waals surface area contributed by atoms with Crippen molar-refractivity contribution >= 4 is 41.8 Å². The van der Waals surface area contributed by atoms with Gasteiger partial charge in [0.05, 0.1) is 51.6 Å². The molecule has 2 aliphatic heterocycles. The second-order valence-electron chi connectivity index (χ2n) is 19.9. The van der Waals surface area contributed by atoms with Crippen molar-refractivity contribution < 1.29 is 85.7 Å². The monoisotopic (exact) mass is 1190 g/mol. The summed E-state index contributed by atoms with van der Waals surface area (Å²) in [6, 6.07) is 64.9. The Morgan fingerprint density at radius 3 is 0.920 bits per heavy atom. The summed E-state index contributed by atoms with van der Waals surface area (Å²) in [5, 5.41) is 10.7. The average Bonchev–Trinajstić information content (AvgIpc) is 1.07. The lowest BCUT2D eigenvalue weighted by atomic mass is 9.96. The number of hydrogen-bond donors (Lipinski definition) is 0. The van der Waals surface area contributed by atoms with Gasteiger partial charge in [0.25, 0.3) is 0 Å². The summed E-state index contributed by atoms with van der Waals surface area (Å²) in [7, 11) is 0. The molecule has 8 aromatic rings. The molecule has 0 N–H and O–H groups in total. The summed E-state index contributed by atoms with van der Waals surface area (Å²) >= 11 is 0. The third kappa shape index (κ3) is 15.2. The number of carbonyl (C=O) groups excluding carboxylic acids is 7. The Morgan fingerprint density at radius 1 is 0.330 bits per heavy atom. The highest BCUT2D eigenvalue weighted by molar-refractivity contribution is 5.93. The smallest absolute Gasteiger partial charge is 0.338 e. The molecule has 2 aliphatic rings. The van der Waals surface area contributed by atoms with E-state index >= 15 is 0 Å². The zero-order valence-corrected chi connectivity index (χ0v) is 46.7. The highest BCUT2D eigenvalue weighted by Gasteiger charge is 2.57. The Balaban J connectivity index is 1.10. The first-order valence-electron chi connectivity index (χ1n) is 27.8. The van der Waals surface area contributed by atoms with E-state index in [-0.39, 0.29) is 38.9 Å². The van der Waals surface area contributed by atoms with Crippen LogP contribution in [0.5, 0.6) is 0 Å². The minimum Gasteiger partial charge on any atom is -0.459 e. The van der Waals surface area contributed by atoms with Gasteiger partial charge in [-0.2, -0.15) is 5.26 Å². The van der Waals surface area contributed by atoms with Crippen LogP contribution in [0.1, 0.15) is 84.2 Å². The van der Waals surface area contributed by atoms with Crippen molar-refractivity contribution in [2.75, 3.05) is 13.2 Å². The van der Waals surface area contributed by atoms with Crippen molar-refractivity contribution in [1.29, 1.82) is 5.26 Å². The molecule has 19 heteroatoms.